The molecule has 0 saturated carbocycles. The number of carbonyl (C=O) groups excluding carboxylic acids is 1. The Balaban J connectivity index is 1.83. The lowest BCUT2D eigenvalue weighted by Gasteiger charge is -2.06. The van der Waals surface area contributed by atoms with Crippen LogP contribution >= 0.6 is 11.3 Å². The van der Waals surface area contributed by atoms with Crippen LogP contribution in [0.1, 0.15) is 10.6 Å². The first-order valence-corrected chi connectivity index (χ1v) is 7.67. The van der Waals surface area contributed by atoms with Crippen LogP contribution < -0.4 is 16.2 Å². The minimum atomic E-state index is -0.674. The van der Waals surface area contributed by atoms with Gasteiger partial charge < -0.3 is 30.1 Å². The quantitative estimate of drug-likeness (QED) is 0.506. The summed E-state index contributed by atoms with van der Waals surface area (Å²) >= 11 is 1.42. The molecule has 0 fully saturated rings. The lowest BCUT2D eigenvalue weighted by Crippen LogP contribution is -2.11. The van der Waals surface area contributed by atoms with E-state index < -0.39 is 5.91 Å². The molecule has 0 spiro atoms. The van der Waals surface area contributed by atoms with E-state index in [2.05, 4.69) is 0 Å². The van der Waals surface area contributed by atoms with E-state index >= 15 is 0 Å². The maximum atomic E-state index is 11.3. The summed E-state index contributed by atoms with van der Waals surface area (Å²) in [5.41, 5.74) is 12.0. The van der Waals surface area contributed by atoms with Gasteiger partial charge in [-0.05, 0) is 18.2 Å². The maximum absolute atomic E-state index is 11.3. The Morgan fingerprint density at radius 1 is 1.35 bits per heavy atom. The molecule has 7 nitrogen and oxygen atoms in total. The summed E-state index contributed by atoms with van der Waals surface area (Å²) in [5, 5.41) is 0.858. The van der Waals surface area contributed by atoms with Gasteiger partial charge in [0.1, 0.15) is 11.4 Å². The number of methoxy groups -OCH3 is 1. The van der Waals surface area contributed by atoms with Gasteiger partial charge in [0, 0.05) is 17.2 Å². The Bertz CT molecular complexity index is 854. The molecule has 0 aliphatic heterocycles. The zero-order valence-electron chi connectivity index (χ0n) is 12.5. The van der Waals surface area contributed by atoms with Crippen molar-refractivity contribution in [2.24, 2.45) is 5.73 Å². The van der Waals surface area contributed by atoms with E-state index in [-0.39, 0.29) is 18.2 Å². The molecule has 0 atom stereocenters. The fourth-order valence-corrected chi connectivity index (χ4v) is 3.29. The monoisotopic (exact) mass is 336 g/mol. The molecule has 0 radical (unpaired) electrons. The summed E-state index contributed by atoms with van der Waals surface area (Å²) in [5.74, 6) is -0.000234. The summed E-state index contributed by atoms with van der Waals surface area (Å²) in [6.07, 6.45) is 0. The van der Waals surface area contributed by atoms with Crippen molar-refractivity contribution < 1.29 is 23.4 Å². The topological polar surface area (TPSA) is 110 Å². The number of hydrogen-bond donors (Lipinski definition) is 2. The average molecular weight is 336 g/mol. The molecule has 1 aromatic carbocycles. The number of nitrogen functional groups attached to an aromatic ring is 1. The minimum absolute atomic E-state index is 0.0000182. The third kappa shape index (κ3) is 2.96. The molecule has 4 N–H and O–H groups in total. The van der Waals surface area contributed by atoms with Crippen LogP contribution in [0.25, 0.3) is 20.4 Å². The zero-order chi connectivity index (χ0) is 16.4. The van der Waals surface area contributed by atoms with Crippen LogP contribution in [-0.2, 0) is 9.47 Å². The highest BCUT2D eigenvalue weighted by Crippen LogP contribution is 2.41. The molecule has 0 aliphatic carbocycles. The smallest absolute Gasteiger partial charge is 0.286 e. The fourth-order valence-electron chi connectivity index (χ4n) is 2.18. The molecule has 0 saturated heterocycles. The molecule has 122 valence electrons. The highest BCUT2D eigenvalue weighted by molar-refractivity contribution is 7.26. The van der Waals surface area contributed by atoms with Crippen molar-refractivity contribution >= 4 is 43.3 Å². The Hall–Kier alpha value is -2.29. The number of hydrogen-bond acceptors (Lipinski definition) is 7. The van der Waals surface area contributed by atoms with Crippen molar-refractivity contribution in [2.75, 3.05) is 32.9 Å². The van der Waals surface area contributed by atoms with Crippen LogP contribution in [-0.4, -0.2) is 33.0 Å². The van der Waals surface area contributed by atoms with Crippen LogP contribution in [0.3, 0.4) is 0 Å². The summed E-state index contributed by atoms with van der Waals surface area (Å²) in [6.45, 7) is 1.13. The Morgan fingerprint density at radius 3 is 2.91 bits per heavy atom. The van der Waals surface area contributed by atoms with Crippen LogP contribution in [0.4, 0.5) is 5.69 Å². The van der Waals surface area contributed by atoms with Gasteiger partial charge in [0.15, 0.2) is 12.4 Å². The standard InChI is InChI=1S/C15H16N2O5S/c1-19-4-5-20-7-21-8-2-3-9-10(6-8)23-14-11(16)13(15(17)18)22-12(9)14/h2-3,6H,4-5,7,16H2,1H3,(H2,17,18). The first-order valence-electron chi connectivity index (χ1n) is 6.85. The largest absolute Gasteiger partial charge is 0.468 e. The molecule has 23 heavy (non-hydrogen) atoms. The number of ether oxygens (including phenoxy) is 3. The first-order chi connectivity index (χ1) is 11.1. The van der Waals surface area contributed by atoms with Gasteiger partial charge in [-0.2, -0.15) is 0 Å². The SMILES string of the molecule is COCCOCOc1ccc2c(c1)sc1c(N)c(C(N)=O)oc12. The summed E-state index contributed by atoms with van der Waals surface area (Å²) in [7, 11) is 1.61. The van der Waals surface area contributed by atoms with Crippen molar-refractivity contribution in [1.82, 2.24) is 0 Å². The number of thiophene rings is 1. The van der Waals surface area contributed by atoms with Crippen LogP contribution in [0.2, 0.25) is 0 Å². The van der Waals surface area contributed by atoms with E-state index in [1.165, 1.54) is 11.3 Å². The first kappa shape index (κ1) is 15.6. The number of furan rings is 1. The number of fused-ring (bicyclic) bond motifs is 3. The molecular formula is C15H16N2O5S. The van der Waals surface area contributed by atoms with Crippen molar-refractivity contribution in [3.05, 3.63) is 24.0 Å². The number of rotatable bonds is 7. The van der Waals surface area contributed by atoms with Crippen molar-refractivity contribution in [2.45, 2.75) is 0 Å². The van der Waals surface area contributed by atoms with Gasteiger partial charge >= 0.3 is 0 Å². The highest BCUT2D eigenvalue weighted by Gasteiger charge is 2.20. The summed E-state index contributed by atoms with van der Waals surface area (Å²) < 4.78 is 22.8. The predicted octanol–water partition coefficient (Wildman–Crippen LogP) is 2.33. The van der Waals surface area contributed by atoms with Gasteiger partial charge in [0.2, 0.25) is 5.76 Å². The van der Waals surface area contributed by atoms with Crippen LogP contribution in [0.5, 0.6) is 5.75 Å². The summed E-state index contributed by atoms with van der Waals surface area (Å²) in [6, 6.07) is 5.53. The molecule has 0 aliphatic rings. The molecule has 3 aromatic rings. The minimum Gasteiger partial charge on any atom is -0.468 e. The van der Waals surface area contributed by atoms with Crippen molar-refractivity contribution in [3.8, 4) is 5.75 Å². The molecule has 2 heterocycles. The molecule has 2 aromatic heterocycles. The molecular weight excluding hydrogens is 320 g/mol. The number of anilines is 1. The van der Waals surface area contributed by atoms with Crippen LogP contribution in [0.15, 0.2) is 22.6 Å². The van der Waals surface area contributed by atoms with Crippen LogP contribution in [0, 0.1) is 0 Å². The third-order valence-electron chi connectivity index (χ3n) is 3.27. The molecule has 1 amide bonds. The number of benzene rings is 1. The third-order valence-corrected chi connectivity index (χ3v) is 4.44. The van der Waals surface area contributed by atoms with Gasteiger partial charge in [-0.3, -0.25) is 4.79 Å². The van der Waals surface area contributed by atoms with E-state index in [4.69, 9.17) is 30.1 Å². The molecule has 8 heteroatoms. The van der Waals surface area contributed by atoms with Gasteiger partial charge in [-0.1, -0.05) is 0 Å². The second kappa shape index (κ2) is 6.45. The van der Waals surface area contributed by atoms with E-state index in [1.807, 2.05) is 12.1 Å². The highest BCUT2D eigenvalue weighted by atomic mass is 32.1. The average Bonchev–Trinajstić information content (AvgIpc) is 3.04. The predicted molar refractivity (Wildman–Crippen MR) is 87.9 cm³/mol. The normalized spacial score (nSPS) is 11.3. The summed E-state index contributed by atoms with van der Waals surface area (Å²) in [4.78, 5) is 11.3. The number of carbonyl (C=O) groups is 1. The zero-order valence-corrected chi connectivity index (χ0v) is 13.3. The van der Waals surface area contributed by atoms with E-state index in [0.717, 1.165) is 10.1 Å². The maximum Gasteiger partial charge on any atom is 0.286 e. The molecule has 0 unspecified atom stereocenters. The fraction of sp³-hybridized carbons (Fsp3) is 0.267. The van der Waals surface area contributed by atoms with E-state index in [1.54, 1.807) is 13.2 Å². The Labute approximate surface area is 135 Å². The molecule has 3 rings (SSSR count). The lowest BCUT2D eigenvalue weighted by molar-refractivity contribution is -0.00840. The van der Waals surface area contributed by atoms with E-state index in [0.29, 0.717) is 29.2 Å². The molecule has 0 bridgehead atoms. The van der Waals surface area contributed by atoms with Crippen molar-refractivity contribution in [3.63, 3.8) is 0 Å². The number of nitrogens with two attached hydrogens (primary N) is 2. The Morgan fingerprint density at radius 2 is 2.17 bits per heavy atom. The van der Waals surface area contributed by atoms with Gasteiger partial charge in [0.05, 0.1) is 17.9 Å². The second-order valence-corrected chi connectivity index (χ2v) is 5.84. The van der Waals surface area contributed by atoms with Crippen molar-refractivity contribution in [1.29, 1.82) is 0 Å². The van der Waals surface area contributed by atoms with Gasteiger partial charge in [0.25, 0.3) is 5.91 Å². The Kier molecular flexibility index (Phi) is 4.37. The van der Waals surface area contributed by atoms with Gasteiger partial charge in [-0.15, -0.1) is 11.3 Å². The van der Waals surface area contributed by atoms with E-state index in [9.17, 15) is 4.79 Å². The second-order valence-electron chi connectivity index (χ2n) is 4.79. The lowest BCUT2D eigenvalue weighted by atomic mass is 10.2. The number of primary amides is 1. The van der Waals surface area contributed by atoms with Gasteiger partial charge in [-0.25, -0.2) is 0 Å². The number of amides is 1.